The lowest BCUT2D eigenvalue weighted by Crippen LogP contribution is -2.36. The molecule has 9 nitrogen and oxygen atoms in total. The predicted octanol–water partition coefficient (Wildman–Crippen LogP) is -1.22. The predicted molar refractivity (Wildman–Crippen MR) is 68.1 cm³/mol. The van der Waals surface area contributed by atoms with Crippen LogP contribution in [0.5, 0.6) is 0 Å². The average molecular weight is 278 g/mol. The Kier molecular flexibility index (Phi) is 2.52. The van der Waals surface area contributed by atoms with Gasteiger partial charge in [-0.2, -0.15) is 0 Å². The first-order valence-electron chi connectivity index (χ1n) is 6.43. The minimum absolute atomic E-state index is 0.198. The second-order valence-electron chi connectivity index (χ2n) is 4.90. The number of fused-ring (bicyclic) bond motifs is 3. The number of aliphatic hydroxyl groups is 2. The topological polar surface area (TPSA) is 108 Å². The van der Waals surface area contributed by atoms with E-state index in [2.05, 4.69) is 20.6 Å². The van der Waals surface area contributed by atoms with Crippen molar-refractivity contribution in [3.8, 4) is 0 Å². The fourth-order valence-electron chi connectivity index (χ4n) is 2.70. The summed E-state index contributed by atoms with van der Waals surface area (Å²) >= 11 is 0. The Bertz CT molecular complexity index is 646. The highest BCUT2D eigenvalue weighted by Gasteiger charge is 2.40. The number of hydrogen-bond acceptors (Lipinski definition) is 8. The Morgan fingerprint density at radius 3 is 3.20 bits per heavy atom. The van der Waals surface area contributed by atoms with Gasteiger partial charge in [-0.3, -0.25) is 0 Å². The molecule has 0 unspecified atom stereocenters. The summed E-state index contributed by atoms with van der Waals surface area (Å²) in [7, 11) is 0. The van der Waals surface area contributed by atoms with E-state index in [1.54, 1.807) is 16.9 Å². The zero-order valence-corrected chi connectivity index (χ0v) is 10.5. The molecule has 4 heterocycles. The average Bonchev–Trinajstić information content (AvgIpc) is 3.13. The number of ether oxygens (including phenoxy) is 1. The van der Waals surface area contributed by atoms with E-state index in [1.807, 2.05) is 4.90 Å². The van der Waals surface area contributed by atoms with Crippen LogP contribution in [0.15, 0.2) is 12.4 Å². The summed E-state index contributed by atoms with van der Waals surface area (Å²) in [5.74, 6) is 0.652. The van der Waals surface area contributed by atoms with Gasteiger partial charge in [-0.15, -0.1) is 5.10 Å². The lowest BCUT2D eigenvalue weighted by molar-refractivity contribution is -0.0218. The summed E-state index contributed by atoms with van der Waals surface area (Å²) in [4.78, 5) is 6.12. The highest BCUT2D eigenvalue weighted by atomic mass is 16.5. The van der Waals surface area contributed by atoms with Crippen molar-refractivity contribution < 1.29 is 14.9 Å². The van der Waals surface area contributed by atoms with Gasteiger partial charge in [0, 0.05) is 12.6 Å². The molecule has 2 aromatic heterocycles. The zero-order chi connectivity index (χ0) is 13.7. The summed E-state index contributed by atoms with van der Waals surface area (Å²) in [5.41, 5.74) is 1.50. The van der Waals surface area contributed by atoms with Crippen molar-refractivity contribution in [2.75, 3.05) is 23.5 Å². The van der Waals surface area contributed by atoms with Crippen molar-refractivity contribution in [3.05, 3.63) is 12.4 Å². The van der Waals surface area contributed by atoms with E-state index in [9.17, 15) is 5.11 Å². The second kappa shape index (κ2) is 4.27. The van der Waals surface area contributed by atoms with Gasteiger partial charge in [-0.1, -0.05) is 5.21 Å². The van der Waals surface area contributed by atoms with Crippen LogP contribution in [0.1, 0.15) is 6.42 Å². The van der Waals surface area contributed by atoms with Crippen LogP contribution in [-0.2, 0) is 4.74 Å². The number of rotatable bonds is 2. The van der Waals surface area contributed by atoms with Crippen molar-refractivity contribution in [2.45, 2.75) is 24.9 Å². The molecule has 3 atom stereocenters. The normalized spacial score (nSPS) is 28.9. The third-order valence-corrected chi connectivity index (χ3v) is 3.73. The molecule has 20 heavy (non-hydrogen) atoms. The lowest BCUT2D eigenvalue weighted by Gasteiger charge is -2.23. The third kappa shape index (κ3) is 1.57. The molecule has 1 saturated heterocycles. The van der Waals surface area contributed by atoms with Gasteiger partial charge in [0.15, 0.2) is 11.5 Å². The number of nitrogens with zero attached hydrogens (tertiary/aromatic N) is 5. The van der Waals surface area contributed by atoms with Gasteiger partial charge in [0.1, 0.15) is 18.0 Å². The number of imidazole rings is 1. The number of aliphatic hydroxyl groups excluding tert-OH is 2. The molecule has 0 radical (unpaired) electrons. The molecule has 3 N–H and O–H groups in total. The Morgan fingerprint density at radius 1 is 1.50 bits per heavy atom. The van der Waals surface area contributed by atoms with E-state index in [4.69, 9.17) is 9.84 Å². The highest BCUT2D eigenvalue weighted by Crippen LogP contribution is 2.36. The Morgan fingerprint density at radius 2 is 2.40 bits per heavy atom. The molecule has 0 aromatic carbocycles. The van der Waals surface area contributed by atoms with E-state index < -0.39 is 12.2 Å². The Labute approximate surface area is 113 Å². The van der Waals surface area contributed by atoms with Gasteiger partial charge in [-0.25, -0.2) is 9.50 Å². The summed E-state index contributed by atoms with van der Waals surface area (Å²) in [6, 6.07) is 0. The molecule has 2 aromatic rings. The molecule has 106 valence electrons. The van der Waals surface area contributed by atoms with Crippen LogP contribution in [-0.4, -0.2) is 61.7 Å². The summed E-state index contributed by atoms with van der Waals surface area (Å²) < 4.78 is 7.24. The molecule has 1 fully saturated rings. The van der Waals surface area contributed by atoms with Crippen molar-refractivity contribution in [1.82, 2.24) is 19.8 Å². The van der Waals surface area contributed by atoms with Crippen LogP contribution in [0.2, 0.25) is 0 Å². The first kappa shape index (κ1) is 11.8. The van der Waals surface area contributed by atoms with Gasteiger partial charge >= 0.3 is 0 Å². The second-order valence-corrected chi connectivity index (χ2v) is 4.90. The van der Waals surface area contributed by atoms with E-state index in [0.717, 1.165) is 5.69 Å². The Hall–Kier alpha value is -1.97. The van der Waals surface area contributed by atoms with Crippen molar-refractivity contribution in [1.29, 1.82) is 0 Å². The minimum Gasteiger partial charge on any atom is -0.394 e. The molecular formula is C11H14N6O3. The summed E-state index contributed by atoms with van der Waals surface area (Å²) in [5, 5.41) is 30.4. The molecule has 0 spiro atoms. The number of aromatic nitrogens is 4. The van der Waals surface area contributed by atoms with Gasteiger partial charge in [0.2, 0.25) is 0 Å². The smallest absolute Gasteiger partial charge is 0.183 e. The third-order valence-electron chi connectivity index (χ3n) is 3.73. The molecule has 0 saturated carbocycles. The summed E-state index contributed by atoms with van der Waals surface area (Å²) in [6.45, 7) is 0.308. The molecule has 4 rings (SSSR count). The van der Waals surface area contributed by atoms with E-state index >= 15 is 0 Å². The van der Waals surface area contributed by atoms with Gasteiger partial charge in [-0.05, 0) is 0 Å². The fraction of sp³-hybridized carbons (Fsp3) is 0.545. The minimum atomic E-state index is -0.669. The first-order valence-corrected chi connectivity index (χ1v) is 6.43. The van der Waals surface area contributed by atoms with Crippen LogP contribution < -0.4 is 10.2 Å². The number of anilines is 2. The van der Waals surface area contributed by atoms with Crippen LogP contribution in [0.25, 0.3) is 5.65 Å². The van der Waals surface area contributed by atoms with Crippen molar-refractivity contribution >= 4 is 17.2 Å². The largest absolute Gasteiger partial charge is 0.394 e. The monoisotopic (exact) mass is 278 g/mol. The van der Waals surface area contributed by atoms with E-state index in [1.165, 1.54) is 0 Å². The quantitative estimate of drug-likeness (QED) is 0.627. The maximum absolute atomic E-state index is 9.82. The molecule has 2 aliphatic heterocycles. The van der Waals surface area contributed by atoms with Crippen LogP contribution in [0.4, 0.5) is 11.5 Å². The SMILES string of the molecule is OC[C@H]1O[C@H](N2CNc3c2nnn2ccnc32)C[C@@H]1O. The first-order chi connectivity index (χ1) is 9.78. The Balaban J connectivity index is 1.68. The molecule has 0 bridgehead atoms. The van der Waals surface area contributed by atoms with Crippen LogP contribution in [0.3, 0.4) is 0 Å². The highest BCUT2D eigenvalue weighted by molar-refractivity contribution is 5.82. The van der Waals surface area contributed by atoms with Gasteiger partial charge < -0.3 is 25.2 Å². The fourth-order valence-corrected chi connectivity index (χ4v) is 2.70. The van der Waals surface area contributed by atoms with E-state index in [0.29, 0.717) is 24.6 Å². The number of nitrogens with one attached hydrogen (secondary N) is 1. The zero-order valence-electron chi connectivity index (χ0n) is 10.5. The van der Waals surface area contributed by atoms with Gasteiger partial charge in [0.25, 0.3) is 0 Å². The maximum atomic E-state index is 9.82. The molecule has 0 aliphatic carbocycles. The molecule has 0 amide bonds. The van der Waals surface area contributed by atoms with Crippen LogP contribution >= 0.6 is 0 Å². The molecule has 9 heteroatoms. The standard InChI is InChI=1S/C11H14N6O3/c18-4-7-6(19)3-8(20-7)16-5-13-9-10-12-1-2-17(10)15-14-11(9)16/h1-2,6-8,13,18-19H,3-5H2/t6-,7+,8-/m0/s1. The van der Waals surface area contributed by atoms with E-state index in [-0.39, 0.29) is 12.8 Å². The van der Waals surface area contributed by atoms with Crippen molar-refractivity contribution in [3.63, 3.8) is 0 Å². The molecule has 2 aliphatic rings. The summed E-state index contributed by atoms with van der Waals surface area (Å²) in [6.07, 6.45) is 2.26. The van der Waals surface area contributed by atoms with Crippen molar-refractivity contribution in [2.24, 2.45) is 0 Å². The lowest BCUT2D eigenvalue weighted by atomic mass is 10.2. The van der Waals surface area contributed by atoms with Gasteiger partial charge in [0.05, 0.1) is 25.6 Å². The maximum Gasteiger partial charge on any atom is 0.183 e. The van der Waals surface area contributed by atoms with Crippen LogP contribution in [0, 0.1) is 0 Å². The molecular weight excluding hydrogens is 264 g/mol. The number of hydrogen-bond donors (Lipinski definition) is 3.